The summed E-state index contributed by atoms with van der Waals surface area (Å²) in [6.45, 7) is 0. The summed E-state index contributed by atoms with van der Waals surface area (Å²) in [5, 5.41) is 8.20. The molecule has 0 aliphatic rings. The van der Waals surface area contributed by atoms with E-state index in [1.54, 1.807) is 10.9 Å². The minimum atomic E-state index is 0.806. The second-order valence-electron chi connectivity index (χ2n) is 3.33. The number of hydrogen-bond acceptors (Lipinski definition) is 3. The largest absolute Gasteiger partial charge is 0.247 e. The van der Waals surface area contributed by atoms with Crippen LogP contribution >= 0.6 is 15.9 Å². The molecule has 3 rings (SSSR count). The topological polar surface area (TPSA) is 43.6 Å². The van der Waals surface area contributed by atoms with Gasteiger partial charge in [-0.15, -0.1) is 5.10 Å². The van der Waals surface area contributed by atoms with Gasteiger partial charge in [0.1, 0.15) is 10.1 Å². The molecule has 0 saturated heterocycles. The zero-order chi connectivity index (χ0) is 11.0. The molecule has 4 nitrogen and oxygen atoms in total. The van der Waals surface area contributed by atoms with E-state index in [-0.39, 0.29) is 0 Å². The molecule has 0 spiro atoms. The first-order chi connectivity index (χ1) is 7.84. The lowest BCUT2D eigenvalue weighted by Crippen LogP contribution is -1.96. The van der Waals surface area contributed by atoms with Crippen LogP contribution in [0, 0.1) is 0 Å². The predicted octanol–water partition coefficient (Wildman–Crippen LogP) is 2.58. The standard InChI is InChI=1S/C11H7BrN4/c12-11-6-5-8(7-13-11)16-10-4-2-1-3-9(10)14-15-16/h1-7H. The zero-order valence-corrected chi connectivity index (χ0v) is 9.79. The second-order valence-corrected chi connectivity index (χ2v) is 4.14. The highest BCUT2D eigenvalue weighted by Gasteiger charge is 2.05. The van der Waals surface area contributed by atoms with Crippen molar-refractivity contribution >= 4 is 27.0 Å². The Hall–Kier alpha value is -1.75. The number of pyridine rings is 1. The number of aromatic nitrogens is 4. The number of rotatable bonds is 1. The van der Waals surface area contributed by atoms with E-state index in [9.17, 15) is 0 Å². The molecule has 5 heteroatoms. The van der Waals surface area contributed by atoms with Crippen molar-refractivity contribution in [1.29, 1.82) is 0 Å². The minimum absolute atomic E-state index is 0.806. The number of para-hydroxylation sites is 1. The molecule has 78 valence electrons. The van der Waals surface area contributed by atoms with Gasteiger partial charge in [0, 0.05) is 0 Å². The maximum Gasteiger partial charge on any atom is 0.113 e. The third-order valence-corrected chi connectivity index (χ3v) is 2.78. The second kappa shape index (κ2) is 3.68. The monoisotopic (exact) mass is 274 g/mol. The Morgan fingerprint density at radius 3 is 2.75 bits per heavy atom. The summed E-state index contributed by atoms with van der Waals surface area (Å²) in [5.74, 6) is 0. The minimum Gasteiger partial charge on any atom is -0.247 e. The van der Waals surface area contributed by atoms with Crippen molar-refractivity contribution in [2.45, 2.75) is 0 Å². The van der Waals surface area contributed by atoms with Crippen LogP contribution in [0.2, 0.25) is 0 Å². The molecule has 2 aromatic heterocycles. The van der Waals surface area contributed by atoms with Crippen molar-refractivity contribution in [3.63, 3.8) is 0 Å². The molecule has 2 heterocycles. The Labute approximate surface area is 100 Å². The first-order valence-electron chi connectivity index (χ1n) is 4.77. The van der Waals surface area contributed by atoms with Gasteiger partial charge in [0.2, 0.25) is 0 Å². The molecule has 0 aliphatic heterocycles. The summed E-state index contributed by atoms with van der Waals surface area (Å²) in [6, 6.07) is 11.7. The summed E-state index contributed by atoms with van der Waals surface area (Å²) in [4.78, 5) is 4.17. The van der Waals surface area contributed by atoms with Gasteiger partial charge >= 0.3 is 0 Å². The first-order valence-corrected chi connectivity index (χ1v) is 5.56. The fraction of sp³-hybridized carbons (Fsp3) is 0. The smallest absolute Gasteiger partial charge is 0.113 e. The van der Waals surface area contributed by atoms with Gasteiger partial charge in [-0.1, -0.05) is 17.3 Å². The van der Waals surface area contributed by atoms with E-state index in [0.717, 1.165) is 21.3 Å². The van der Waals surface area contributed by atoms with Crippen molar-refractivity contribution in [1.82, 2.24) is 20.0 Å². The normalized spacial score (nSPS) is 10.8. The fourth-order valence-corrected chi connectivity index (χ4v) is 1.79. The lowest BCUT2D eigenvalue weighted by molar-refractivity contribution is 0.819. The van der Waals surface area contributed by atoms with Crippen LogP contribution in [0.4, 0.5) is 0 Å². The predicted molar refractivity (Wildman–Crippen MR) is 64.4 cm³/mol. The maximum atomic E-state index is 4.17. The highest BCUT2D eigenvalue weighted by Crippen LogP contribution is 2.16. The average Bonchev–Trinajstić information content (AvgIpc) is 2.74. The fourth-order valence-electron chi connectivity index (χ4n) is 1.55. The van der Waals surface area contributed by atoms with Crippen LogP contribution in [-0.4, -0.2) is 20.0 Å². The summed E-state index contributed by atoms with van der Waals surface area (Å²) in [6.07, 6.45) is 1.76. The maximum absolute atomic E-state index is 4.17. The Morgan fingerprint density at radius 2 is 1.94 bits per heavy atom. The van der Waals surface area contributed by atoms with Gasteiger partial charge in [-0.2, -0.15) is 0 Å². The molecule has 1 aromatic carbocycles. The van der Waals surface area contributed by atoms with Crippen molar-refractivity contribution in [2.24, 2.45) is 0 Å². The molecule has 0 fully saturated rings. The lowest BCUT2D eigenvalue weighted by atomic mass is 10.3. The van der Waals surface area contributed by atoms with E-state index >= 15 is 0 Å². The third-order valence-electron chi connectivity index (χ3n) is 2.31. The average molecular weight is 275 g/mol. The Morgan fingerprint density at radius 1 is 1.06 bits per heavy atom. The van der Waals surface area contributed by atoms with Crippen LogP contribution in [0.15, 0.2) is 47.2 Å². The number of fused-ring (bicyclic) bond motifs is 1. The van der Waals surface area contributed by atoms with Crippen LogP contribution in [-0.2, 0) is 0 Å². The van der Waals surface area contributed by atoms with Gasteiger partial charge in [-0.05, 0) is 40.2 Å². The molecule has 0 bridgehead atoms. The van der Waals surface area contributed by atoms with Gasteiger partial charge in [-0.3, -0.25) is 0 Å². The molecule has 0 unspecified atom stereocenters. The van der Waals surface area contributed by atoms with E-state index < -0.39 is 0 Å². The molecule has 0 saturated carbocycles. The van der Waals surface area contributed by atoms with Crippen LogP contribution in [0.3, 0.4) is 0 Å². The summed E-state index contributed by atoms with van der Waals surface area (Å²) in [5.41, 5.74) is 2.76. The SMILES string of the molecule is Brc1ccc(-n2nnc3ccccc32)cn1. The molecule has 0 radical (unpaired) electrons. The van der Waals surface area contributed by atoms with Crippen LogP contribution < -0.4 is 0 Å². The Bertz CT molecular complexity index is 630. The van der Waals surface area contributed by atoms with Crippen molar-refractivity contribution in [3.05, 3.63) is 47.2 Å². The first kappa shape index (κ1) is 9.47. The number of benzene rings is 1. The third kappa shape index (κ3) is 1.49. The summed E-state index contributed by atoms with van der Waals surface area (Å²) in [7, 11) is 0. The molecule has 0 atom stereocenters. The Kier molecular flexibility index (Phi) is 2.18. The zero-order valence-electron chi connectivity index (χ0n) is 8.21. The van der Waals surface area contributed by atoms with Crippen molar-refractivity contribution in [2.75, 3.05) is 0 Å². The molecule has 0 aliphatic carbocycles. The highest BCUT2D eigenvalue weighted by molar-refractivity contribution is 9.10. The molecule has 3 aromatic rings. The quantitative estimate of drug-likeness (QED) is 0.641. The van der Waals surface area contributed by atoms with E-state index in [1.165, 1.54) is 0 Å². The van der Waals surface area contributed by atoms with Gasteiger partial charge in [-0.25, -0.2) is 9.67 Å². The summed E-state index contributed by atoms with van der Waals surface area (Å²) >= 11 is 3.30. The van der Waals surface area contributed by atoms with E-state index in [2.05, 4.69) is 31.2 Å². The molecular weight excluding hydrogens is 268 g/mol. The van der Waals surface area contributed by atoms with Gasteiger partial charge in [0.05, 0.1) is 17.4 Å². The lowest BCUT2D eigenvalue weighted by Gasteiger charge is -2.00. The van der Waals surface area contributed by atoms with Gasteiger partial charge in [0.15, 0.2) is 0 Å². The van der Waals surface area contributed by atoms with E-state index in [4.69, 9.17) is 0 Å². The van der Waals surface area contributed by atoms with Gasteiger partial charge < -0.3 is 0 Å². The number of hydrogen-bond donors (Lipinski definition) is 0. The Balaban J connectivity index is 2.22. The molecule has 0 N–H and O–H groups in total. The van der Waals surface area contributed by atoms with Gasteiger partial charge in [0.25, 0.3) is 0 Å². The van der Waals surface area contributed by atoms with Crippen LogP contribution in [0.1, 0.15) is 0 Å². The van der Waals surface area contributed by atoms with Crippen LogP contribution in [0.5, 0.6) is 0 Å². The number of nitrogens with zero attached hydrogens (tertiary/aromatic N) is 4. The van der Waals surface area contributed by atoms with Crippen LogP contribution in [0.25, 0.3) is 16.7 Å². The highest BCUT2D eigenvalue weighted by atomic mass is 79.9. The molecule has 16 heavy (non-hydrogen) atoms. The van der Waals surface area contributed by atoms with Crippen molar-refractivity contribution < 1.29 is 0 Å². The van der Waals surface area contributed by atoms with Crippen molar-refractivity contribution in [3.8, 4) is 5.69 Å². The van der Waals surface area contributed by atoms with E-state index in [0.29, 0.717) is 0 Å². The summed E-state index contributed by atoms with van der Waals surface area (Å²) < 4.78 is 2.58. The number of halogens is 1. The molecule has 0 amide bonds. The molecular formula is C11H7BrN4. The van der Waals surface area contributed by atoms with E-state index in [1.807, 2.05) is 36.4 Å².